The van der Waals surface area contributed by atoms with E-state index in [9.17, 15) is 23.1 Å². The first-order chi connectivity index (χ1) is 12.2. The molecular formula is C18H23F3N2O3. The van der Waals surface area contributed by atoms with Crippen LogP contribution in [0.25, 0.3) is 0 Å². The predicted octanol–water partition coefficient (Wildman–Crippen LogP) is 2.50. The molecule has 0 saturated carbocycles. The minimum atomic E-state index is -4.86. The van der Waals surface area contributed by atoms with Crippen LogP contribution in [0.4, 0.5) is 13.2 Å². The van der Waals surface area contributed by atoms with E-state index < -0.39 is 29.5 Å². The van der Waals surface area contributed by atoms with E-state index in [1.807, 2.05) is 7.05 Å². The number of halogens is 3. The lowest BCUT2D eigenvalue weighted by molar-refractivity contribution is -0.274. The zero-order valence-corrected chi connectivity index (χ0v) is 14.6. The summed E-state index contributed by atoms with van der Waals surface area (Å²) in [4.78, 5) is 16.6. The van der Waals surface area contributed by atoms with Crippen LogP contribution in [0.3, 0.4) is 0 Å². The van der Waals surface area contributed by atoms with Gasteiger partial charge in [-0.3, -0.25) is 4.79 Å². The van der Waals surface area contributed by atoms with Gasteiger partial charge in [0.1, 0.15) is 5.75 Å². The molecule has 3 rings (SSSR count). The number of amides is 1. The number of para-hydroxylation sites is 1. The second-order valence-corrected chi connectivity index (χ2v) is 7.28. The Labute approximate surface area is 150 Å². The number of likely N-dealkylation sites (tertiary alicyclic amines) is 2. The van der Waals surface area contributed by atoms with Crippen molar-refractivity contribution in [1.29, 1.82) is 0 Å². The maximum atomic E-state index is 12.9. The van der Waals surface area contributed by atoms with Gasteiger partial charge in [0.15, 0.2) is 0 Å². The summed E-state index contributed by atoms with van der Waals surface area (Å²) in [6.07, 6.45) is -3.24. The quantitative estimate of drug-likeness (QED) is 0.867. The molecule has 0 aromatic heterocycles. The zero-order valence-electron chi connectivity index (χ0n) is 14.6. The molecule has 0 aliphatic carbocycles. The van der Waals surface area contributed by atoms with Gasteiger partial charge in [-0.25, -0.2) is 0 Å². The number of ether oxygens (including phenoxy) is 1. The van der Waals surface area contributed by atoms with Crippen LogP contribution in [-0.4, -0.2) is 66.5 Å². The summed E-state index contributed by atoms with van der Waals surface area (Å²) in [5.74, 6) is -0.990. The summed E-state index contributed by atoms with van der Waals surface area (Å²) >= 11 is 0. The van der Waals surface area contributed by atoms with Gasteiger partial charge in [-0.15, -0.1) is 13.2 Å². The van der Waals surface area contributed by atoms with Crippen LogP contribution >= 0.6 is 0 Å². The van der Waals surface area contributed by atoms with Gasteiger partial charge in [0.05, 0.1) is 11.7 Å². The molecule has 8 heteroatoms. The van der Waals surface area contributed by atoms with E-state index in [2.05, 4.69) is 9.64 Å². The van der Waals surface area contributed by atoms with Crippen LogP contribution in [0, 0.1) is 5.41 Å². The summed E-state index contributed by atoms with van der Waals surface area (Å²) in [5, 5.41) is 10.5. The average Bonchev–Trinajstić information content (AvgIpc) is 2.57. The van der Waals surface area contributed by atoms with Crippen LogP contribution < -0.4 is 4.74 Å². The molecule has 0 bridgehead atoms. The Kier molecular flexibility index (Phi) is 5.16. The van der Waals surface area contributed by atoms with Crippen molar-refractivity contribution in [3.8, 4) is 5.75 Å². The number of benzene rings is 1. The lowest BCUT2D eigenvalue weighted by atomic mass is 9.71. The van der Waals surface area contributed by atoms with E-state index in [4.69, 9.17) is 0 Å². The first kappa shape index (κ1) is 19.0. The second kappa shape index (κ2) is 7.08. The predicted molar refractivity (Wildman–Crippen MR) is 88.8 cm³/mol. The minimum Gasteiger partial charge on any atom is -0.405 e. The number of hydrogen-bond donors (Lipinski definition) is 1. The van der Waals surface area contributed by atoms with Crippen LogP contribution in [0.1, 0.15) is 29.6 Å². The average molecular weight is 372 g/mol. The molecule has 1 spiro atoms. The highest BCUT2D eigenvalue weighted by atomic mass is 19.4. The van der Waals surface area contributed by atoms with E-state index in [1.54, 1.807) is 4.90 Å². The Morgan fingerprint density at radius 1 is 1.27 bits per heavy atom. The Bertz CT molecular complexity index is 667. The summed E-state index contributed by atoms with van der Waals surface area (Å²) in [6.45, 7) is 2.24. The van der Waals surface area contributed by atoms with Gasteiger partial charge >= 0.3 is 6.36 Å². The number of aliphatic hydroxyl groups excluding tert-OH is 1. The van der Waals surface area contributed by atoms with Crippen molar-refractivity contribution in [2.24, 2.45) is 5.41 Å². The smallest absolute Gasteiger partial charge is 0.405 e. The molecule has 1 N–H and O–H groups in total. The number of carbonyl (C=O) groups is 1. The maximum Gasteiger partial charge on any atom is 0.573 e. The Balaban J connectivity index is 1.82. The Morgan fingerprint density at radius 2 is 2.00 bits per heavy atom. The first-order valence-corrected chi connectivity index (χ1v) is 8.71. The van der Waals surface area contributed by atoms with Crippen LogP contribution in [-0.2, 0) is 0 Å². The van der Waals surface area contributed by atoms with Gasteiger partial charge in [0.2, 0.25) is 0 Å². The highest BCUT2D eigenvalue weighted by molar-refractivity contribution is 5.97. The number of rotatable bonds is 2. The molecule has 5 nitrogen and oxygen atoms in total. The fourth-order valence-corrected chi connectivity index (χ4v) is 4.13. The molecular weight excluding hydrogens is 349 g/mol. The molecule has 1 aromatic carbocycles. The lowest BCUT2D eigenvalue weighted by Gasteiger charge is -2.50. The molecule has 144 valence electrons. The topological polar surface area (TPSA) is 53.0 Å². The van der Waals surface area contributed by atoms with Crippen molar-refractivity contribution < 1.29 is 27.8 Å². The molecule has 0 unspecified atom stereocenters. The van der Waals surface area contributed by atoms with Crippen molar-refractivity contribution in [1.82, 2.24) is 9.80 Å². The number of nitrogens with zero attached hydrogens (tertiary/aromatic N) is 2. The van der Waals surface area contributed by atoms with Gasteiger partial charge in [-0.05, 0) is 38.4 Å². The van der Waals surface area contributed by atoms with E-state index in [-0.39, 0.29) is 5.56 Å². The highest BCUT2D eigenvalue weighted by Crippen LogP contribution is 2.39. The van der Waals surface area contributed by atoms with Crippen molar-refractivity contribution >= 4 is 5.91 Å². The molecule has 0 radical (unpaired) electrons. The first-order valence-electron chi connectivity index (χ1n) is 8.71. The van der Waals surface area contributed by atoms with E-state index in [1.165, 1.54) is 18.2 Å². The largest absolute Gasteiger partial charge is 0.573 e. The highest BCUT2D eigenvalue weighted by Gasteiger charge is 2.46. The summed E-state index contributed by atoms with van der Waals surface area (Å²) < 4.78 is 41.9. The Hall–Kier alpha value is -1.80. The number of piperidine rings is 2. The van der Waals surface area contributed by atoms with E-state index >= 15 is 0 Å². The molecule has 2 aliphatic heterocycles. The third-order valence-electron chi connectivity index (χ3n) is 5.31. The molecule has 26 heavy (non-hydrogen) atoms. The molecule has 1 aromatic rings. The zero-order chi connectivity index (χ0) is 18.9. The van der Waals surface area contributed by atoms with Crippen molar-refractivity contribution in [3.05, 3.63) is 29.8 Å². The monoisotopic (exact) mass is 372 g/mol. The van der Waals surface area contributed by atoms with Crippen molar-refractivity contribution in [2.45, 2.75) is 31.7 Å². The standard InChI is InChI=1S/C18H23F3N2O3/c1-22-10-7-15(24)17(11-22)8-4-9-23(12-17)16(25)13-5-2-3-6-14(13)26-18(19,20)21/h2-3,5-6,15,24H,4,7-12H2,1H3/t15-,17-/m0/s1. The molecule has 1 amide bonds. The molecule has 2 saturated heterocycles. The number of hydrogen-bond acceptors (Lipinski definition) is 4. The number of carbonyl (C=O) groups excluding carboxylic acids is 1. The Morgan fingerprint density at radius 3 is 2.73 bits per heavy atom. The third kappa shape index (κ3) is 3.96. The third-order valence-corrected chi connectivity index (χ3v) is 5.31. The van der Waals surface area contributed by atoms with Gasteiger partial charge in [0, 0.05) is 31.6 Å². The molecule has 2 fully saturated rings. The van der Waals surface area contributed by atoms with E-state index in [0.29, 0.717) is 32.5 Å². The van der Waals surface area contributed by atoms with Crippen LogP contribution in [0.5, 0.6) is 5.75 Å². The molecule has 2 atom stereocenters. The van der Waals surface area contributed by atoms with Gasteiger partial charge < -0.3 is 19.6 Å². The van der Waals surface area contributed by atoms with E-state index in [0.717, 1.165) is 19.0 Å². The molecule has 2 heterocycles. The van der Waals surface area contributed by atoms with Crippen LogP contribution in [0.15, 0.2) is 24.3 Å². The fraction of sp³-hybridized carbons (Fsp3) is 0.611. The van der Waals surface area contributed by atoms with Crippen molar-refractivity contribution in [2.75, 3.05) is 33.2 Å². The van der Waals surface area contributed by atoms with Gasteiger partial charge in [0.25, 0.3) is 5.91 Å². The minimum absolute atomic E-state index is 0.111. The lowest BCUT2D eigenvalue weighted by Crippen LogP contribution is -2.59. The SMILES string of the molecule is CN1CC[C@H](O)[C@@]2(CCCN(C(=O)c3ccccc3OC(F)(F)F)C2)C1. The van der Waals surface area contributed by atoms with Crippen LogP contribution in [0.2, 0.25) is 0 Å². The summed E-state index contributed by atoms with van der Waals surface area (Å²) in [7, 11) is 1.97. The van der Waals surface area contributed by atoms with Gasteiger partial charge in [-0.2, -0.15) is 0 Å². The fourth-order valence-electron chi connectivity index (χ4n) is 4.13. The maximum absolute atomic E-state index is 12.9. The second-order valence-electron chi connectivity index (χ2n) is 7.28. The molecule has 2 aliphatic rings. The van der Waals surface area contributed by atoms with Gasteiger partial charge in [-0.1, -0.05) is 12.1 Å². The number of aliphatic hydroxyl groups is 1. The summed E-state index contributed by atoms with van der Waals surface area (Å²) in [6, 6.07) is 5.40. The normalized spacial score (nSPS) is 27.6. The summed E-state index contributed by atoms with van der Waals surface area (Å²) in [5.41, 5.74) is -0.540. The number of alkyl halides is 3. The van der Waals surface area contributed by atoms with Crippen molar-refractivity contribution in [3.63, 3.8) is 0 Å².